The van der Waals surface area contributed by atoms with Crippen LogP contribution >= 0.6 is 0 Å². The lowest BCUT2D eigenvalue weighted by molar-refractivity contribution is -0.130. The highest BCUT2D eigenvalue weighted by molar-refractivity contribution is 5.76. The summed E-state index contributed by atoms with van der Waals surface area (Å²) in [5.74, 6) is 0.760. The summed E-state index contributed by atoms with van der Waals surface area (Å²) in [5, 5.41) is 0. The Morgan fingerprint density at radius 3 is 2.91 bits per heavy atom. The van der Waals surface area contributed by atoms with Crippen LogP contribution in [0, 0.1) is 18.7 Å². The second kappa shape index (κ2) is 6.78. The lowest BCUT2D eigenvalue weighted by Gasteiger charge is -2.17. The Morgan fingerprint density at radius 2 is 2.18 bits per heavy atom. The molecule has 120 valence electrons. The average molecular weight is 305 g/mol. The summed E-state index contributed by atoms with van der Waals surface area (Å²) in [4.78, 5) is 14.2. The van der Waals surface area contributed by atoms with E-state index in [0.717, 1.165) is 37.6 Å². The summed E-state index contributed by atoms with van der Waals surface area (Å²) in [6.07, 6.45) is 4.93. The molecule has 1 saturated carbocycles. The molecule has 2 fully saturated rings. The predicted molar refractivity (Wildman–Crippen MR) is 83.1 cm³/mol. The van der Waals surface area contributed by atoms with Gasteiger partial charge in [-0.3, -0.25) is 4.79 Å². The molecule has 1 heterocycles. The van der Waals surface area contributed by atoms with Gasteiger partial charge in [0.15, 0.2) is 0 Å². The second-order valence-corrected chi connectivity index (χ2v) is 6.61. The normalized spacial score (nSPS) is 21.4. The van der Waals surface area contributed by atoms with E-state index < -0.39 is 0 Å². The van der Waals surface area contributed by atoms with E-state index >= 15 is 0 Å². The number of amides is 1. The highest BCUT2D eigenvalue weighted by Gasteiger charge is 2.29. The van der Waals surface area contributed by atoms with Gasteiger partial charge in [-0.25, -0.2) is 4.39 Å². The first-order valence-electron chi connectivity index (χ1n) is 8.26. The molecule has 1 saturated heterocycles. The molecule has 0 spiro atoms. The van der Waals surface area contributed by atoms with E-state index in [1.165, 1.54) is 18.9 Å². The van der Waals surface area contributed by atoms with Crippen LogP contribution in [0.25, 0.3) is 0 Å². The maximum atomic E-state index is 13.2. The quantitative estimate of drug-likeness (QED) is 0.808. The molecule has 3 nitrogen and oxygen atoms in total. The number of aryl methyl sites for hydroxylation is 2. The minimum Gasteiger partial charge on any atom is -0.376 e. The molecule has 4 heteroatoms. The highest BCUT2D eigenvalue weighted by Crippen LogP contribution is 2.30. The van der Waals surface area contributed by atoms with Crippen molar-refractivity contribution in [2.75, 3.05) is 19.7 Å². The molecule has 0 unspecified atom stereocenters. The number of carbonyl (C=O) groups excluding carboxylic acids is 1. The van der Waals surface area contributed by atoms with E-state index in [-0.39, 0.29) is 17.8 Å². The zero-order valence-corrected chi connectivity index (χ0v) is 13.2. The number of ether oxygens (including phenoxy) is 1. The summed E-state index contributed by atoms with van der Waals surface area (Å²) in [6, 6.07) is 5.07. The number of carbonyl (C=O) groups is 1. The van der Waals surface area contributed by atoms with Crippen molar-refractivity contribution in [1.29, 1.82) is 0 Å². The fourth-order valence-corrected chi connectivity index (χ4v) is 2.92. The van der Waals surface area contributed by atoms with Crippen LogP contribution in [-0.4, -0.2) is 36.6 Å². The molecule has 1 aliphatic carbocycles. The molecule has 1 aromatic rings. The summed E-state index contributed by atoms with van der Waals surface area (Å²) >= 11 is 0. The minimum absolute atomic E-state index is 0.180. The van der Waals surface area contributed by atoms with Crippen LogP contribution < -0.4 is 0 Å². The highest BCUT2D eigenvalue weighted by atomic mass is 19.1. The van der Waals surface area contributed by atoms with Crippen molar-refractivity contribution in [3.05, 3.63) is 35.1 Å². The zero-order chi connectivity index (χ0) is 15.5. The van der Waals surface area contributed by atoms with Crippen molar-refractivity contribution in [2.45, 2.75) is 45.1 Å². The maximum absolute atomic E-state index is 13.2. The number of nitrogens with zero attached hydrogens (tertiary/aromatic N) is 1. The van der Waals surface area contributed by atoms with Gasteiger partial charge in [0.25, 0.3) is 0 Å². The minimum atomic E-state index is -0.190. The zero-order valence-electron chi connectivity index (χ0n) is 13.2. The largest absolute Gasteiger partial charge is 0.376 e. The Balaban J connectivity index is 1.42. The predicted octanol–water partition coefficient (Wildman–Crippen LogP) is 3.09. The molecule has 1 aromatic carbocycles. The summed E-state index contributed by atoms with van der Waals surface area (Å²) in [5.41, 5.74) is 1.66. The molecule has 1 aliphatic heterocycles. The third-order valence-corrected chi connectivity index (χ3v) is 4.61. The van der Waals surface area contributed by atoms with E-state index in [1.807, 2.05) is 11.0 Å². The lowest BCUT2D eigenvalue weighted by atomic mass is 10.1. The summed E-state index contributed by atoms with van der Waals surface area (Å²) in [7, 11) is 0. The first kappa shape index (κ1) is 15.5. The van der Waals surface area contributed by atoms with Crippen molar-refractivity contribution < 1.29 is 13.9 Å². The third kappa shape index (κ3) is 4.07. The molecule has 3 rings (SSSR count). The Bertz CT molecular complexity index is 542. The van der Waals surface area contributed by atoms with Crippen molar-refractivity contribution in [1.82, 2.24) is 4.90 Å². The van der Waals surface area contributed by atoms with Crippen LogP contribution in [-0.2, 0) is 16.0 Å². The Kier molecular flexibility index (Phi) is 4.77. The van der Waals surface area contributed by atoms with Crippen LogP contribution in [0.1, 0.15) is 36.8 Å². The van der Waals surface area contributed by atoms with Crippen LogP contribution in [0.5, 0.6) is 0 Å². The van der Waals surface area contributed by atoms with Crippen molar-refractivity contribution >= 4 is 5.91 Å². The van der Waals surface area contributed by atoms with Crippen molar-refractivity contribution in [3.63, 3.8) is 0 Å². The van der Waals surface area contributed by atoms with Crippen LogP contribution in [0.4, 0.5) is 4.39 Å². The van der Waals surface area contributed by atoms with Gasteiger partial charge in [-0.1, -0.05) is 12.1 Å². The summed E-state index contributed by atoms with van der Waals surface area (Å²) in [6.45, 7) is 4.15. The van der Waals surface area contributed by atoms with Gasteiger partial charge in [-0.15, -0.1) is 0 Å². The third-order valence-electron chi connectivity index (χ3n) is 4.61. The van der Waals surface area contributed by atoms with Gasteiger partial charge in [0.1, 0.15) is 5.82 Å². The molecule has 1 atom stereocenters. The topological polar surface area (TPSA) is 29.5 Å². The van der Waals surface area contributed by atoms with E-state index in [1.54, 1.807) is 13.0 Å². The smallest absolute Gasteiger partial charge is 0.222 e. The molecule has 0 aromatic heterocycles. The van der Waals surface area contributed by atoms with Gasteiger partial charge in [0, 0.05) is 26.1 Å². The molecule has 2 aliphatic rings. The lowest BCUT2D eigenvalue weighted by Crippen LogP contribution is -2.30. The fourth-order valence-electron chi connectivity index (χ4n) is 2.92. The molecular formula is C18H24FNO2. The number of halogens is 1. The number of hydrogen-bond donors (Lipinski definition) is 0. The first-order chi connectivity index (χ1) is 10.6. The van der Waals surface area contributed by atoms with Gasteiger partial charge in [0.05, 0.1) is 6.10 Å². The van der Waals surface area contributed by atoms with E-state index in [0.29, 0.717) is 18.4 Å². The van der Waals surface area contributed by atoms with E-state index in [2.05, 4.69) is 0 Å². The molecule has 0 N–H and O–H groups in total. The second-order valence-electron chi connectivity index (χ2n) is 6.61. The SMILES string of the molecule is Cc1cc(CCC(=O)N2CC[C@@H](OCC3CC3)C2)ccc1F. The van der Waals surface area contributed by atoms with Crippen LogP contribution in [0.3, 0.4) is 0 Å². The van der Waals surface area contributed by atoms with Gasteiger partial charge < -0.3 is 9.64 Å². The Hall–Kier alpha value is -1.42. The summed E-state index contributed by atoms with van der Waals surface area (Å²) < 4.78 is 19.1. The van der Waals surface area contributed by atoms with Gasteiger partial charge in [-0.05, 0) is 55.7 Å². The molecule has 1 amide bonds. The van der Waals surface area contributed by atoms with E-state index in [9.17, 15) is 9.18 Å². The average Bonchev–Trinajstić information content (AvgIpc) is 3.22. The Morgan fingerprint density at radius 1 is 1.36 bits per heavy atom. The fraction of sp³-hybridized carbons (Fsp3) is 0.611. The van der Waals surface area contributed by atoms with Crippen molar-refractivity contribution in [2.24, 2.45) is 5.92 Å². The van der Waals surface area contributed by atoms with Crippen LogP contribution in [0.15, 0.2) is 18.2 Å². The molecule has 22 heavy (non-hydrogen) atoms. The maximum Gasteiger partial charge on any atom is 0.222 e. The van der Waals surface area contributed by atoms with Gasteiger partial charge in [-0.2, -0.15) is 0 Å². The van der Waals surface area contributed by atoms with Gasteiger partial charge >= 0.3 is 0 Å². The Labute approximate surface area is 131 Å². The van der Waals surface area contributed by atoms with E-state index in [4.69, 9.17) is 4.74 Å². The van der Waals surface area contributed by atoms with Crippen LogP contribution in [0.2, 0.25) is 0 Å². The number of rotatable bonds is 6. The number of likely N-dealkylation sites (tertiary alicyclic amines) is 1. The number of hydrogen-bond acceptors (Lipinski definition) is 2. The monoisotopic (exact) mass is 305 g/mol. The standard InChI is InChI=1S/C18H24FNO2/c1-13-10-14(4-6-17(13)19)5-7-18(21)20-9-8-16(11-20)22-12-15-2-3-15/h4,6,10,15-16H,2-3,5,7-9,11-12H2,1H3/t16-/m1/s1. The molecular weight excluding hydrogens is 281 g/mol. The molecule has 0 radical (unpaired) electrons. The van der Waals surface area contributed by atoms with Gasteiger partial charge in [0.2, 0.25) is 5.91 Å². The van der Waals surface area contributed by atoms with Crippen molar-refractivity contribution in [3.8, 4) is 0 Å². The molecule has 0 bridgehead atoms. The number of benzene rings is 1. The first-order valence-corrected chi connectivity index (χ1v) is 8.26.